The monoisotopic (exact) mass is 536 g/mol. The summed E-state index contributed by atoms with van der Waals surface area (Å²) < 4.78 is 44.5. The Morgan fingerprint density at radius 2 is 1.76 bits per heavy atom. The van der Waals surface area contributed by atoms with Crippen molar-refractivity contribution >= 4 is 48.5 Å². The Morgan fingerprint density at radius 1 is 1.12 bits per heavy atom. The van der Waals surface area contributed by atoms with E-state index in [1.807, 2.05) is 0 Å². The molecule has 1 aromatic heterocycles. The van der Waals surface area contributed by atoms with Crippen LogP contribution in [0.2, 0.25) is 0 Å². The van der Waals surface area contributed by atoms with E-state index in [2.05, 4.69) is 15.9 Å². The fourth-order valence-corrected chi connectivity index (χ4v) is 5.66. The molecule has 33 heavy (non-hydrogen) atoms. The summed E-state index contributed by atoms with van der Waals surface area (Å²) in [4.78, 5) is 25.7. The van der Waals surface area contributed by atoms with Crippen LogP contribution in [0.15, 0.2) is 56.8 Å². The standard InChI is InChI=1S/C22H21BrFN3O5S/c1-2-25-13-17(22(29)30)21(28)16-11-18(24)20(12-19(16)25)26-7-9-27(10-8-26)33(31,32)15-5-3-14(23)4-6-15/h3-6,11-13H,2,7-10H2,1H3,(H,29,30)/p-1. The Morgan fingerprint density at radius 3 is 2.33 bits per heavy atom. The maximum atomic E-state index is 15.0. The number of carboxylic acids is 1. The van der Waals surface area contributed by atoms with Crippen LogP contribution in [0.25, 0.3) is 10.9 Å². The first kappa shape index (κ1) is 23.4. The first-order chi connectivity index (χ1) is 15.6. The van der Waals surface area contributed by atoms with Crippen LogP contribution < -0.4 is 15.4 Å². The van der Waals surface area contributed by atoms with Crippen LogP contribution in [-0.2, 0) is 16.6 Å². The number of fused-ring (bicyclic) bond motifs is 1. The molecule has 0 unspecified atom stereocenters. The number of anilines is 1. The quantitative estimate of drug-likeness (QED) is 0.492. The number of carbonyl (C=O) groups excluding carboxylic acids is 1. The van der Waals surface area contributed by atoms with Gasteiger partial charge in [-0.2, -0.15) is 4.31 Å². The van der Waals surface area contributed by atoms with E-state index >= 15 is 0 Å². The lowest BCUT2D eigenvalue weighted by Gasteiger charge is -2.35. The summed E-state index contributed by atoms with van der Waals surface area (Å²) in [6, 6.07) is 8.92. The van der Waals surface area contributed by atoms with Crippen LogP contribution in [0.3, 0.4) is 0 Å². The molecule has 1 aliphatic rings. The second-order valence-electron chi connectivity index (χ2n) is 7.61. The van der Waals surface area contributed by atoms with E-state index in [0.717, 1.165) is 10.5 Å². The fourth-order valence-electron chi connectivity index (χ4n) is 3.97. The van der Waals surface area contributed by atoms with E-state index in [0.29, 0.717) is 12.1 Å². The van der Waals surface area contributed by atoms with Gasteiger partial charge >= 0.3 is 0 Å². The first-order valence-corrected chi connectivity index (χ1v) is 12.5. The van der Waals surface area contributed by atoms with Crippen molar-refractivity contribution in [3.63, 3.8) is 0 Å². The maximum absolute atomic E-state index is 15.0. The zero-order valence-corrected chi connectivity index (χ0v) is 20.0. The third-order valence-corrected chi connectivity index (χ3v) is 8.18. The second kappa shape index (κ2) is 8.88. The molecule has 0 saturated carbocycles. The molecular formula is C22H20BrFN3O5S-. The van der Waals surface area contributed by atoms with Crippen LogP contribution in [0.5, 0.6) is 0 Å². The van der Waals surface area contributed by atoms with Crippen molar-refractivity contribution in [2.24, 2.45) is 0 Å². The average molecular weight is 537 g/mol. The molecule has 2 heterocycles. The van der Waals surface area contributed by atoms with E-state index in [1.165, 1.54) is 28.7 Å². The van der Waals surface area contributed by atoms with E-state index in [4.69, 9.17) is 0 Å². The van der Waals surface area contributed by atoms with E-state index in [1.54, 1.807) is 28.5 Å². The molecule has 0 atom stereocenters. The minimum Gasteiger partial charge on any atom is -0.545 e. The molecular weight excluding hydrogens is 517 g/mol. The predicted octanol–water partition coefficient (Wildman–Crippen LogP) is 1.80. The van der Waals surface area contributed by atoms with Gasteiger partial charge in [0.05, 0.1) is 27.6 Å². The van der Waals surface area contributed by atoms with Crippen molar-refractivity contribution < 1.29 is 22.7 Å². The van der Waals surface area contributed by atoms with Gasteiger partial charge < -0.3 is 19.4 Å². The highest BCUT2D eigenvalue weighted by Gasteiger charge is 2.29. The Labute approximate surface area is 198 Å². The number of halogens is 2. The highest BCUT2D eigenvalue weighted by molar-refractivity contribution is 9.10. The molecule has 1 fully saturated rings. The Bertz CT molecular complexity index is 1400. The topological polar surface area (TPSA) is 103 Å². The summed E-state index contributed by atoms with van der Waals surface area (Å²) in [6.07, 6.45) is 1.20. The summed E-state index contributed by atoms with van der Waals surface area (Å²) in [7, 11) is -3.67. The maximum Gasteiger partial charge on any atom is 0.243 e. The first-order valence-electron chi connectivity index (χ1n) is 10.2. The van der Waals surface area contributed by atoms with Crippen molar-refractivity contribution in [3.05, 3.63) is 68.7 Å². The Kier molecular flexibility index (Phi) is 6.30. The number of carboxylic acid groups (broad SMARTS) is 1. The van der Waals surface area contributed by atoms with Crippen molar-refractivity contribution in [1.29, 1.82) is 0 Å². The van der Waals surface area contributed by atoms with Crippen LogP contribution >= 0.6 is 15.9 Å². The molecule has 0 amide bonds. The van der Waals surface area contributed by atoms with Gasteiger partial charge in [-0.1, -0.05) is 15.9 Å². The van der Waals surface area contributed by atoms with Crippen molar-refractivity contribution in [1.82, 2.24) is 8.87 Å². The van der Waals surface area contributed by atoms with Gasteiger partial charge in [0.15, 0.2) is 5.43 Å². The number of pyridine rings is 1. The largest absolute Gasteiger partial charge is 0.545 e. The second-order valence-corrected chi connectivity index (χ2v) is 10.5. The number of benzene rings is 2. The minimum atomic E-state index is -3.67. The zero-order valence-electron chi connectivity index (χ0n) is 17.6. The third kappa shape index (κ3) is 4.28. The number of sulfonamides is 1. The zero-order chi connectivity index (χ0) is 23.9. The van der Waals surface area contributed by atoms with Crippen molar-refractivity contribution in [2.75, 3.05) is 31.1 Å². The number of carbonyl (C=O) groups is 1. The summed E-state index contributed by atoms with van der Waals surface area (Å²) in [5.41, 5.74) is -0.700. The van der Waals surface area contributed by atoms with Crippen LogP contribution in [0, 0.1) is 5.82 Å². The van der Waals surface area contributed by atoms with Crippen LogP contribution in [0.4, 0.5) is 10.1 Å². The number of rotatable bonds is 5. The molecule has 174 valence electrons. The van der Waals surface area contributed by atoms with Crippen molar-refractivity contribution in [3.8, 4) is 0 Å². The normalized spacial score (nSPS) is 15.2. The van der Waals surface area contributed by atoms with Gasteiger partial charge in [0.1, 0.15) is 5.82 Å². The third-order valence-electron chi connectivity index (χ3n) is 5.74. The minimum absolute atomic E-state index is 0.0451. The van der Waals surface area contributed by atoms with E-state index in [9.17, 15) is 27.5 Å². The molecule has 8 nitrogen and oxygen atoms in total. The van der Waals surface area contributed by atoms with Gasteiger partial charge in [0.2, 0.25) is 10.0 Å². The predicted molar refractivity (Wildman–Crippen MR) is 123 cm³/mol. The molecule has 0 spiro atoms. The molecule has 1 aliphatic heterocycles. The number of nitrogens with zero attached hydrogens (tertiary/aromatic N) is 3. The van der Waals surface area contributed by atoms with Gasteiger partial charge in [-0.3, -0.25) is 4.79 Å². The summed E-state index contributed by atoms with van der Waals surface area (Å²) in [5.74, 6) is -2.29. The number of aryl methyl sites for hydroxylation is 1. The number of piperazine rings is 1. The summed E-state index contributed by atoms with van der Waals surface area (Å²) in [5, 5.41) is 11.2. The molecule has 3 aromatic rings. The highest BCUT2D eigenvalue weighted by Crippen LogP contribution is 2.28. The number of aromatic carboxylic acids is 1. The van der Waals surface area contributed by atoms with Crippen LogP contribution in [0.1, 0.15) is 17.3 Å². The lowest BCUT2D eigenvalue weighted by molar-refractivity contribution is -0.255. The Hall–Kier alpha value is -2.76. The Balaban J connectivity index is 1.64. The number of hydrogen-bond acceptors (Lipinski definition) is 6. The van der Waals surface area contributed by atoms with E-state index in [-0.39, 0.29) is 42.1 Å². The fraction of sp³-hybridized carbons (Fsp3) is 0.273. The van der Waals surface area contributed by atoms with Gasteiger partial charge in [-0.25, -0.2) is 12.8 Å². The van der Waals surface area contributed by atoms with E-state index < -0.39 is 32.8 Å². The lowest BCUT2D eigenvalue weighted by Crippen LogP contribution is -2.48. The average Bonchev–Trinajstić information content (AvgIpc) is 2.79. The molecule has 1 saturated heterocycles. The van der Waals surface area contributed by atoms with Gasteiger partial charge in [-0.15, -0.1) is 0 Å². The van der Waals surface area contributed by atoms with Gasteiger partial charge in [-0.05, 0) is 43.3 Å². The highest BCUT2D eigenvalue weighted by atomic mass is 79.9. The smallest absolute Gasteiger partial charge is 0.243 e. The van der Waals surface area contributed by atoms with Crippen molar-refractivity contribution in [2.45, 2.75) is 18.4 Å². The van der Waals surface area contributed by atoms with Crippen LogP contribution in [-0.4, -0.2) is 49.4 Å². The van der Waals surface area contributed by atoms with Gasteiger partial charge in [0.25, 0.3) is 0 Å². The SMILES string of the molecule is CCn1cc(C(=O)[O-])c(=O)c2cc(F)c(N3CCN(S(=O)(=O)c4ccc(Br)cc4)CC3)cc21. The summed E-state index contributed by atoms with van der Waals surface area (Å²) in [6.45, 7) is 2.98. The number of aromatic nitrogens is 1. The molecule has 11 heteroatoms. The lowest BCUT2D eigenvalue weighted by atomic mass is 10.1. The molecule has 0 bridgehead atoms. The molecule has 0 aliphatic carbocycles. The van der Waals surface area contributed by atoms with Gasteiger partial charge in [0, 0.05) is 48.8 Å². The summed E-state index contributed by atoms with van der Waals surface area (Å²) >= 11 is 3.29. The molecule has 2 aromatic carbocycles. The number of hydrogen-bond donors (Lipinski definition) is 0. The molecule has 4 rings (SSSR count). The molecule has 0 N–H and O–H groups in total. The molecule has 0 radical (unpaired) electrons.